The largest absolute Gasteiger partial charge is 0.481 e. The van der Waals surface area contributed by atoms with Gasteiger partial charge >= 0.3 is 5.97 Å². The minimum absolute atomic E-state index is 0.175. The molecule has 0 unspecified atom stereocenters. The summed E-state index contributed by atoms with van der Waals surface area (Å²) in [6, 6.07) is -0.217. The molecule has 3 rings (SSSR count). The Balaban J connectivity index is 1.73. The zero-order valence-electron chi connectivity index (χ0n) is 11.3. The standard InChI is InChI=1S/C14H18N2O3S/c1-2-10-15-6-9(20-10)13(17)16-12-8-4-3-7(5-8)11(12)14(18)19/h6-8,11-12H,2-5H2,1H3,(H,16,17)(H,18,19)/t7-,8-,11+,12-/m0/s1. The lowest BCUT2D eigenvalue weighted by molar-refractivity contribution is -0.144. The van der Waals surface area contributed by atoms with Gasteiger partial charge in [0.2, 0.25) is 0 Å². The van der Waals surface area contributed by atoms with Gasteiger partial charge in [0.25, 0.3) is 5.91 Å². The zero-order valence-corrected chi connectivity index (χ0v) is 12.2. The molecule has 2 aliphatic carbocycles. The minimum atomic E-state index is -0.777. The van der Waals surface area contributed by atoms with Gasteiger partial charge in [0, 0.05) is 6.04 Å². The van der Waals surface area contributed by atoms with E-state index in [0.29, 0.717) is 10.8 Å². The molecule has 1 aromatic heterocycles. The number of aliphatic carboxylic acids is 1. The highest BCUT2D eigenvalue weighted by atomic mass is 32.1. The Morgan fingerprint density at radius 3 is 2.85 bits per heavy atom. The van der Waals surface area contributed by atoms with Crippen LogP contribution >= 0.6 is 11.3 Å². The molecule has 0 spiro atoms. The van der Waals surface area contributed by atoms with E-state index in [1.165, 1.54) is 11.3 Å². The van der Waals surface area contributed by atoms with E-state index in [4.69, 9.17) is 0 Å². The number of nitrogens with zero attached hydrogens (tertiary/aromatic N) is 1. The number of carboxylic acids is 1. The van der Waals surface area contributed by atoms with Gasteiger partial charge in [0.1, 0.15) is 4.88 Å². The van der Waals surface area contributed by atoms with Crippen molar-refractivity contribution in [1.82, 2.24) is 10.3 Å². The number of rotatable bonds is 4. The van der Waals surface area contributed by atoms with Crippen LogP contribution in [-0.4, -0.2) is 28.0 Å². The number of nitrogens with one attached hydrogen (secondary N) is 1. The third-order valence-corrected chi connectivity index (χ3v) is 5.72. The lowest BCUT2D eigenvalue weighted by atomic mass is 9.84. The second-order valence-corrected chi connectivity index (χ2v) is 6.78. The zero-order chi connectivity index (χ0) is 14.3. The number of hydrogen-bond donors (Lipinski definition) is 2. The molecule has 2 saturated carbocycles. The Bertz CT molecular complexity index is 542. The molecule has 2 N–H and O–H groups in total. The number of hydrogen-bond acceptors (Lipinski definition) is 4. The van der Waals surface area contributed by atoms with E-state index in [1.807, 2.05) is 6.92 Å². The Hall–Kier alpha value is -1.43. The SMILES string of the molecule is CCc1ncc(C(=O)N[C@H]2[C@H]3CC[C@@H](C3)[C@H]2C(=O)O)s1. The molecule has 6 heteroatoms. The summed E-state index contributed by atoms with van der Waals surface area (Å²) < 4.78 is 0. The maximum Gasteiger partial charge on any atom is 0.308 e. The van der Waals surface area contributed by atoms with Crippen LogP contribution in [0.1, 0.15) is 40.9 Å². The van der Waals surface area contributed by atoms with Crippen LogP contribution in [0.25, 0.3) is 0 Å². The van der Waals surface area contributed by atoms with E-state index in [2.05, 4.69) is 10.3 Å². The number of fused-ring (bicyclic) bond motifs is 2. The van der Waals surface area contributed by atoms with Crippen LogP contribution in [0, 0.1) is 17.8 Å². The first-order valence-electron chi connectivity index (χ1n) is 7.08. The number of carboxylic acid groups (broad SMARTS) is 1. The van der Waals surface area contributed by atoms with Gasteiger partial charge < -0.3 is 10.4 Å². The number of aromatic nitrogens is 1. The van der Waals surface area contributed by atoms with Crippen molar-refractivity contribution < 1.29 is 14.7 Å². The first kappa shape index (κ1) is 13.5. The molecule has 5 nitrogen and oxygen atoms in total. The Morgan fingerprint density at radius 2 is 2.20 bits per heavy atom. The summed E-state index contributed by atoms with van der Waals surface area (Å²) in [5, 5.41) is 13.2. The topological polar surface area (TPSA) is 79.3 Å². The summed E-state index contributed by atoms with van der Waals surface area (Å²) in [6.45, 7) is 2.00. The predicted octanol–water partition coefficient (Wildman–Crippen LogP) is 1.93. The van der Waals surface area contributed by atoms with E-state index in [0.717, 1.165) is 30.7 Å². The molecule has 0 aromatic carbocycles. The molecule has 2 bridgehead atoms. The lowest BCUT2D eigenvalue weighted by Gasteiger charge is -2.28. The van der Waals surface area contributed by atoms with E-state index >= 15 is 0 Å². The molecule has 0 radical (unpaired) electrons. The molecular formula is C14H18N2O3S. The molecule has 0 aliphatic heterocycles. The van der Waals surface area contributed by atoms with Gasteiger partial charge in [-0.1, -0.05) is 6.92 Å². The maximum atomic E-state index is 12.2. The van der Waals surface area contributed by atoms with Gasteiger partial charge in [-0.3, -0.25) is 9.59 Å². The molecule has 20 heavy (non-hydrogen) atoms. The third-order valence-electron chi connectivity index (χ3n) is 4.58. The number of thiazole rings is 1. The Kier molecular flexibility index (Phi) is 3.50. The Labute approximate surface area is 121 Å². The fourth-order valence-electron chi connectivity index (χ4n) is 3.66. The fourth-order valence-corrected chi connectivity index (χ4v) is 4.42. The lowest BCUT2D eigenvalue weighted by Crippen LogP contribution is -2.46. The quantitative estimate of drug-likeness (QED) is 0.889. The van der Waals surface area contributed by atoms with Crippen molar-refractivity contribution in [3.63, 3.8) is 0 Å². The number of aryl methyl sites for hydroxylation is 1. The van der Waals surface area contributed by atoms with Crippen LogP contribution in [0.15, 0.2) is 6.20 Å². The highest BCUT2D eigenvalue weighted by Gasteiger charge is 2.51. The highest BCUT2D eigenvalue weighted by molar-refractivity contribution is 7.13. The number of amides is 1. The van der Waals surface area contributed by atoms with Crippen molar-refractivity contribution in [2.45, 2.75) is 38.6 Å². The molecular weight excluding hydrogens is 276 g/mol. The van der Waals surface area contributed by atoms with Gasteiger partial charge in [-0.15, -0.1) is 11.3 Å². The first-order valence-corrected chi connectivity index (χ1v) is 7.90. The summed E-state index contributed by atoms with van der Waals surface area (Å²) >= 11 is 1.38. The normalized spacial score (nSPS) is 31.4. The van der Waals surface area contributed by atoms with Crippen LogP contribution < -0.4 is 5.32 Å². The highest BCUT2D eigenvalue weighted by Crippen LogP contribution is 2.48. The van der Waals surface area contributed by atoms with E-state index in [9.17, 15) is 14.7 Å². The summed E-state index contributed by atoms with van der Waals surface area (Å²) in [5.41, 5.74) is 0. The van der Waals surface area contributed by atoms with Gasteiger partial charge in [-0.05, 0) is 37.5 Å². The molecule has 1 aromatic rings. The van der Waals surface area contributed by atoms with E-state index in [-0.39, 0.29) is 17.9 Å². The first-order chi connectivity index (χ1) is 9.60. The Morgan fingerprint density at radius 1 is 1.45 bits per heavy atom. The van der Waals surface area contributed by atoms with E-state index in [1.54, 1.807) is 6.20 Å². The number of carbonyl (C=O) groups is 2. The van der Waals surface area contributed by atoms with Crippen LogP contribution in [0.4, 0.5) is 0 Å². The summed E-state index contributed by atoms with van der Waals surface area (Å²) in [5.74, 6) is -0.817. The molecule has 1 amide bonds. The summed E-state index contributed by atoms with van der Waals surface area (Å²) in [6.07, 6.45) is 5.34. The molecule has 1 heterocycles. The van der Waals surface area contributed by atoms with Crippen molar-refractivity contribution in [2.24, 2.45) is 17.8 Å². The predicted molar refractivity (Wildman–Crippen MR) is 74.7 cm³/mol. The minimum Gasteiger partial charge on any atom is -0.481 e. The van der Waals surface area contributed by atoms with Gasteiger partial charge in [0.05, 0.1) is 17.1 Å². The average Bonchev–Trinajstić information content (AvgIpc) is 3.13. The molecule has 108 valence electrons. The molecule has 2 aliphatic rings. The van der Waals surface area contributed by atoms with Crippen molar-refractivity contribution in [1.29, 1.82) is 0 Å². The monoisotopic (exact) mass is 294 g/mol. The molecule has 2 fully saturated rings. The van der Waals surface area contributed by atoms with Crippen LogP contribution in [-0.2, 0) is 11.2 Å². The third kappa shape index (κ3) is 2.22. The van der Waals surface area contributed by atoms with Crippen LogP contribution in [0.2, 0.25) is 0 Å². The maximum absolute atomic E-state index is 12.2. The second-order valence-electron chi connectivity index (χ2n) is 5.67. The molecule has 4 atom stereocenters. The van der Waals surface area contributed by atoms with Crippen LogP contribution in [0.3, 0.4) is 0 Å². The van der Waals surface area contributed by atoms with Crippen molar-refractivity contribution in [2.75, 3.05) is 0 Å². The van der Waals surface area contributed by atoms with Crippen molar-refractivity contribution >= 4 is 23.2 Å². The summed E-state index contributed by atoms with van der Waals surface area (Å²) in [7, 11) is 0. The fraction of sp³-hybridized carbons (Fsp3) is 0.643. The smallest absolute Gasteiger partial charge is 0.308 e. The van der Waals surface area contributed by atoms with E-state index < -0.39 is 11.9 Å². The summed E-state index contributed by atoms with van der Waals surface area (Å²) in [4.78, 5) is 28.4. The number of carbonyl (C=O) groups excluding carboxylic acids is 1. The average molecular weight is 294 g/mol. The second kappa shape index (κ2) is 5.16. The van der Waals surface area contributed by atoms with Crippen molar-refractivity contribution in [3.8, 4) is 0 Å². The van der Waals surface area contributed by atoms with Crippen molar-refractivity contribution in [3.05, 3.63) is 16.1 Å². The van der Waals surface area contributed by atoms with Crippen LogP contribution in [0.5, 0.6) is 0 Å². The molecule has 0 saturated heterocycles. The van der Waals surface area contributed by atoms with Gasteiger partial charge in [-0.2, -0.15) is 0 Å². The van der Waals surface area contributed by atoms with Gasteiger partial charge in [0.15, 0.2) is 0 Å². The van der Waals surface area contributed by atoms with Gasteiger partial charge in [-0.25, -0.2) is 4.98 Å².